The summed E-state index contributed by atoms with van der Waals surface area (Å²) in [5.41, 5.74) is 3.44. The number of ether oxygens (including phenoxy) is 2. The van der Waals surface area contributed by atoms with Crippen LogP contribution in [0.3, 0.4) is 0 Å². The number of anilines is 1. The van der Waals surface area contributed by atoms with E-state index in [1.165, 1.54) is 12.1 Å². The maximum Gasteiger partial charge on any atom is 0.264 e. The Morgan fingerprint density at radius 2 is 1.69 bits per heavy atom. The smallest absolute Gasteiger partial charge is 0.264 e. The minimum Gasteiger partial charge on any atom is -0.488 e. The average Bonchev–Trinajstić information content (AvgIpc) is 3.00. The summed E-state index contributed by atoms with van der Waals surface area (Å²) in [5, 5.41) is 0. The summed E-state index contributed by atoms with van der Waals surface area (Å²) in [5.74, 6) is 0.914. The van der Waals surface area contributed by atoms with Gasteiger partial charge in [0.05, 0.1) is 35.1 Å². The molecule has 3 atom stereocenters. The van der Waals surface area contributed by atoms with E-state index < -0.39 is 10.0 Å². The number of fused-ring (bicyclic) bond motifs is 4. The van der Waals surface area contributed by atoms with E-state index in [4.69, 9.17) is 9.47 Å². The van der Waals surface area contributed by atoms with Gasteiger partial charge in [0.2, 0.25) is 11.8 Å². The monoisotopic (exact) mass is 684 g/mol. The second-order valence-electron chi connectivity index (χ2n) is 14.5. The van der Waals surface area contributed by atoms with Crippen LogP contribution in [0.1, 0.15) is 87.1 Å². The van der Waals surface area contributed by atoms with E-state index in [1.54, 1.807) is 30.6 Å². The molecule has 1 N–H and O–H groups in total. The first kappa shape index (κ1) is 34.3. The van der Waals surface area contributed by atoms with Crippen molar-refractivity contribution in [3.05, 3.63) is 83.4 Å². The molecule has 2 aromatic carbocycles. The topological polar surface area (TPSA) is 136 Å². The minimum atomic E-state index is -4.17. The predicted molar refractivity (Wildman–Crippen MR) is 187 cm³/mol. The molecule has 0 radical (unpaired) electrons. The van der Waals surface area contributed by atoms with Gasteiger partial charge in [0.1, 0.15) is 12.4 Å². The minimum absolute atomic E-state index is 0.00854. The molecule has 12 heteroatoms. The van der Waals surface area contributed by atoms with Crippen LogP contribution in [-0.4, -0.2) is 64.0 Å². The normalized spacial score (nSPS) is 20.6. The molecule has 1 saturated carbocycles. The number of nitrogens with zero attached hydrogens (tertiary/aromatic N) is 5. The van der Waals surface area contributed by atoms with Crippen molar-refractivity contribution in [3.8, 4) is 22.9 Å². The maximum atomic E-state index is 14.7. The lowest BCUT2D eigenvalue weighted by atomic mass is 9.76. The highest BCUT2D eigenvalue weighted by Crippen LogP contribution is 2.42. The van der Waals surface area contributed by atoms with Crippen molar-refractivity contribution in [1.29, 1.82) is 0 Å². The van der Waals surface area contributed by atoms with Crippen LogP contribution in [-0.2, 0) is 10.0 Å². The summed E-state index contributed by atoms with van der Waals surface area (Å²) in [6.45, 7) is 14.4. The summed E-state index contributed by atoms with van der Waals surface area (Å²) in [4.78, 5) is 34.9. The van der Waals surface area contributed by atoms with Crippen LogP contribution in [0.15, 0.2) is 65.8 Å². The van der Waals surface area contributed by atoms with Crippen LogP contribution in [0.4, 0.5) is 5.95 Å². The maximum absolute atomic E-state index is 14.7. The van der Waals surface area contributed by atoms with E-state index in [0.29, 0.717) is 23.7 Å². The largest absolute Gasteiger partial charge is 0.488 e. The van der Waals surface area contributed by atoms with Gasteiger partial charge in [0, 0.05) is 29.2 Å². The summed E-state index contributed by atoms with van der Waals surface area (Å²) >= 11 is 0. The molecule has 1 fully saturated rings. The first-order valence-electron chi connectivity index (χ1n) is 16.7. The highest BCUT2D eigenvalue weighted by atomic mass is 32.2. The van der Waals surface area contributed by atoms with Crippen molar-refractivity contribution in [2.45, 2.75) is 96.7 Å². The predicted octanol–water partition coefficient (Wildman–Crippen LogP) is 6.72. The lowest BCUT2D eigenvalue weighted by molar-refractivity contribution is 0.0156. The summed E-state index contributed by atoms with van der Waals surface area (Å²) in [6, 6.07) is 13.2. The van der Waals surface area contributed by atoms with Crippen molar-refractivity contribution in [3.63, 3.8) is 0 Å². The van der Waals surface area contributed by atoms with Crippen LogP contribution in [0.5, 0.6) is 11.6 Å². The number of aryl methyl sites for hydroxylation is 2. The molecule has 11 nitrogen and oxygen atoms in total. The Morgan fingerprint density at radius 3 is 2.33 bits per heavy atom. The van der Waals surface area contributed by atoms with E-state index in [-0.39, 0.29) is 64.3 Å². The van der Waals surface area contributed by atoms with E-state index in [2.05, 4.69) is 45.4 Å². The standard InChI is InChI=1S/C37H44N6O5S/c1-22(2)48-27-19-38-34(39-20-27)29-14-15-31(29)43-26(18-37(5,6)7)21-47-32-17-30(33-23(3)10-8-11-24(33)4)40-36(41-32)42-49(45,46)28-13-9-12-25(16-28)35(43)44/h8-13,16-17,19-20,22,26,29,31H,14-15,18,21H2,1-7H3,(H,40,41,42)/t26-,29?,31?/m1/s1. The van der Waals surface area contributed by atoms with E-state index in [9.17, 15) is 13.2 Å². The number of nitrogens with one attached hydrogen (secondary N) is 1. The lowest BCUT2D eigenvalue weighted by Gasteiger charge is -2.48. The molecule has 6 rings (SSSR count). The molecule has 49 heavy (non-hydrogen) atoms. The third-order valence-corrected chi connectivity index (χ3v) is 10.2. The van der Waals surface area contributed by atoms with E-state index in [1.807, 2.05) is 50.8 Å². The summed E-state index contributed by atoms with van der Waals surface area (Å²) < 4.78 is 42.2. The van der Waals surface area contributed by atoms with Crippen LogP contribution in [0, 0.1) is 19.3 Å². The van der Waals surface area contributed by atoms with Crippen LogP contribution in [0.25, 0.3) is 11.3 Å². The van der Waals surface area contributed by atoms with E-state index in [0.717, 1.165) is 29.5 Å². The van der Waals surface area contributed by atoms with E-state index >= 15 is 0 Å². The van der Waals surface area contributed by atoms with Crippen LogP contribution in [0.2, 0.25) is 0 Å². The van der Waals surface area contributed by atoms with Crippen molar-refractivity contribution < 1.29 is 22.7 Å². The van der Waals surface area contributed by atoms with Gasteiger partial charge in [-0.2, -0.15) is 4.98 Å². The summed E-state index contributed by atoms with van der Waals surface area (Å²) in [6.07, 6.45) is 5.49. The number of rotatable bonds is 6. The van der Waals surface area contributed by atoms with Crippen molar-refractivity contribution in [1.82, 2.24) is 24.8 Å². The zero-order valence-electron chi connectivity index (χ0n) is 29.1. The Hall–Kier alpha value is -4.58. The fraction of sp³-hybridized carbons (Fsp3) is 0.432. The molecular weight excluding hydrogens is 641 g/mol. The number of hydrogen-bond donors (Lipinski definition) is 1. The highest BCUT2D eigenvalue weighted by molar-refractivity contribution is 7.92. The number of sulfonamides is 1. The number of carbonyl (C=O) groups excluding carboxylic acids is 1. The molecule has 4 bridgehead atoms. The molecule has 0 saturated heterocycles. The zero-order valence-corrected chi connectivity index (χ0v) is 29.9. The molecule has 0 spiro atoms. The van der Waals surface area contributed by atoms with Gasteiger partial charge in [-0.15, -0.1) is 0 Å². The third kappa shape index (κ3) is 7.54. The number of carbonyl (C=O) groups is 1. The number of benzene rings is 2. The first-order chi connectivity index (χ1) is 23.2. The van der Waals surface area contributed by atoms with Crippen LogP contribution < -0.4 is 14.2 Å². The molecule has 1 aliphatic heterocycles. The molecule has 1 amide bonds. The molecule has 2 aliphatic rings. The van der Waals surface area contributed by atoms with Gasteiger partial charge in [-0.25, -0.2) is 28.1 Å². The quantitative estimate of drug-likeness (QED) is 0.235. The SMILES string of the molecule is Cc1cccc(C)c1-c1cc2nc(n1)NS(=O)(=O)c1cccc(c1)C(=O)N(C1CCC1c1ncc(OC(C)C)cn1)[C@H](CC(C)(C)C)CO2. The summed E-state index contributed by atoms with van der Waals surface area (Å²) in [7, 11) is -4.17. The molecule has 3 heterocycles. The molecule has 2 aromatic heterocycles. The number of hydrogen-bond acceptors (Lipinski definition) is 9. The Balaban J connectivity index is 1.46. The molecular formula is C37H44N6O5S. The number of amides is 1. The second-order valence-corrected chi connectivity index (χ2v) is 16.1. The van der Waals surface area contributed by atoms with Crippen molar-refractivity contribution in [2.75, 3.05) is 11.3 Å². The average molecular weight is 685 g/mol. The van der Waals surface area contributed by atoms with Gasteiger partial charge in [0.25, 0.3) is 15.9 Å². The van der Waals surface area contributed by atoms with Gasteiger partial charge in [-0.1, -0.05) is 45.0 Å². The highest BCUT2D eigenvalue weighted by Gasteiger charge is 2.45. The fourth-order valence-electron chi connectivity index (χ4n) is 6.70. The Morgan fingerprint density at radius 1 is 1.00 bits per heavy atom. The van der Waals surface area contributed by atoms with Gasteiger partial charge >= 0.3 is 0 Å². The molecule has 4 aromatic rings. The first-order valence-corrected chi connectivity index (χ1v) is 18.2. The molecule has 2 unspecified atom stereocenters. The lowest BCUT2D eigenvalue weighted by Crippen LogP contribution is -2.56. The van der Waals surface area contributed by atoms with Crippen LogP contribution >= 0.6 is 0 Å². The zero-order chi connectivity index (χ0) is 35.1. The van der Waals surface area contributed by atoms with Gasteiger partial charge in [-0.3, -0.25) is 4.79 Å². The van der Waals surface area contributed by atoms with Gasteiger partial charge in [-0.05, 0) is 81.7 Å². The Labute approximate surface area is 288 Å². The van der Waals surface area contributed by atoms with Crippen molar-refractivity contribution in [2.24, 2.45) is 5.41 Å². The Bertz CT molecular complexity index is 1940. The fourth-order valence-corrected chi connectivity index (χ4v) is 7.69. The molecule has 1 aliphatic carbocycles. The van der Waals surface area contributed by atoms with Crippen molar-refractivity contribution >= 4 is 21.9 Å². The Kier molecular flexibility index (Phi) is 9.36. The number of aromatic nitrogens is 4. The third-order valence-electron chi connectivity index (χ3n) is 8.90. The molecule has 258 valence electrons. The van der Waals surface area contributed by atoms with Gasteiger partial charge in [0.15, 0.2) is 5.75 Å². The van der Waals surface area contributed by atoms with Gasteiger partial charge < -0.3 is 14.4 Å². The second kappa shape index (κ2) is 13.4.